The zero-order valence-electron chi connectivity index (χ0n) is 30.4. The first-order valence-corrected chi connectivity index (χ1v) is 18.6. The third-order valence-electron chi connectivity index (χ3n) is 10.7. The molecule has 4 saturated heterocycles. The van der Waals surface area contributed by atoms with Crippen molar-refractivity contribution >= 4 is 47.1 Å². The van der Waals surface area contributed by atoms with Crippen LogP contribution in [0.25, 0.3) is 0 Å². The van der Waals surface area contributed by atoms with E-state index in [-0.39, 0.29) is 50.7 Å². The molecule has 4 rings (SSSR count). The Morgan fingerprint density at radius 2 is 1.46 bits per heavy atom. The number of ether oxygens (including phenoxy) is 1. The largest absolute Gasteiger partial charge is 0.450 e. The Kier molecular flexibility index (Phi) is 13.5. The lowest BCUT2D eigenvalue weighted by Crippen LogP contribution is -2.70. The molecule has 0 aromatic rings. The van der Waals surface area contributed by atoms with Crippen molar-refractivity contribution in [2.24, 2.45) is 17.8 Å². The summed E-state index contributed by atoms with van der Waals surface area (Å²) in [5.41, 5.74) is 5.84. The van der Waals surface area contributed by atoms with E-state index in [1.54, 1.807) is 13.8 Å². The molecule has 4 aliphatic rings. The fourth-order valence-corrected chi connectivity index (χ4v) is 7.42. The summed E-state index contributed by atoms with van der Waals surface area (Å²) < 4.78 is 5.97. The third kappa shape index (κ3) is 8.54. The van der Waals surface area contributed by atoms with Crippen molar-refractivity contribution in [1.82, 2.24) is 36.0 Å². The summed E-state index contributed by atoms with van der Waals surface area (Å²) in [6, 6.07) is -5.39. The lowest BCUT2D eigenvalue weighted by atomic mass is 9.96. The number of carbonyl (C=O) groups excluding carboxylic acids is 6. The number of fused-ring (bicyclic) bond motifs is 3. The predicted molar refractivity (Wildman–Crippen MR) is 184 cm³/mol. The van der Waals surface area contributed by atoms with E-state index < -0.39 is 89.2 Å². The Balaban J connectivity index is 1.85. The fraction of sp³-hybridized carbons (Fsp3) is 0.824. The minimum Gasteiger partial charge on any atom is -0.450 e. The van der Waals surface area contributed by atoms with E-state index in [9.17, 15) is 33.9 Å². The number of rotatable bonds is 6. The number of esters is 1. The Morgan fingerprint density at radius 1 is 0.840 bits per heavy atom. The molecule has 0 radical (unpaired) electrons. The normalized spacial score (nSPS) is 33.6. The van der Waals surface area contributed by atoms with Gasteiger partial charge in [0, 0.05) is 39.0 Å². The van der Waals surface area contributed by atoms with Crippen LogP contribution in [-0.2, 0) is 33.5 Å². The second-order valence-corrected chi connectivity index (χ2v) is 15.4. The molecule has 4 N–H and O–H groups in total. The number of aliphatic hydroxyl groups is 1. The molecular weight excluding hydrogens is 670 g/mol. The monoisotopic (exact) mass is 725 g/mol. The van der Waals surface area contributed by atoms with Crippen LogP contribution in [0.5, 0.6) is 0 Å². The molecule has 0 aromatic heterocycles. The van der Waals surface area contributed by atoms with Crippen LogP contribution in [0.15, 0.2) is 0 Å². The van der Waals surface area contributed by atoms with Gasteiger partial charge >= 0.3 is 5.97 Å². The van der Waals surface area contributed by atoms with E-state index in [1.165, 1.54) is 16.8 Å². The maximum absolute atomic E-state index is 14.4. The second kappa shape index (κ2) is 17.0. The van der Waals surface area contributed by atoms with E-state index in [0.717, 1.165) is 10.0 Å². The van der Waals surface area contributed by atoms with Gasteiger partial charge < -0.3 is 25.0 Å². The number of cyclic esters (lactones) is 1. The Bertz CT molecular complexity index is 1290. The van der Waals surface area contributed by atoms with Crippen molar-refractivity contribution in [2.75, 3.05) is 26.7 Å². The number of β-amino-alcohol motifs (C(OH)–C–C–N with tert-alkyl or cyclic N) is 1. The lowest BCUT2D eigenvalue weighted by molar-refractivity contribution is -0.175. The Hall–Kier alpha value is -3.01. The maximum Gasteiger partial charge on any atom is 0.329 e. The van der Waals surface area contributed by atoms with Gasteiger partial charge in [0.05, 0.1) is 11.5 Å². The number of carbonyl (C=O) groups is 6. The lowest BCUT2D eigenvalue weighted by Gasteiger charge is -2.45. The van der Waals surface area contributed by atoms with Crippen molar-refractivity contribution in [2.45, 2.75) is 134 Å². The maximum atomic E-state index is 14.4. The predicted octanol–water partition coefficient (Wildman–Crippen LogP) is 0.532. The highest BCUT2D eigenvalue weighted by Crippen LogP contribution is 2.28. The zero-order chi connectivity index (χ0) is 37.0. The number of hydrogen-bond acceptors (Lipinski definition) is 10. The van der Waals surface area contributed by atoms with E-state index in [0.29, 0.717) is 25.7 Å². The van der Waals surface area contributed by atoms with Gasteiger partial charge in [-0.25, -0.2) is 15.6 Å². The summed E-state index contributed by atoms with van der Waals surface area (Å²) >= 11 is 6.53. The van der Waals surface area contributed by atoms with Gasteiger partial charge in [-0.05, 0) is 43.9 Å². The van der Waals surface area contributed by atoms with Crippen LogP contribution in [-0.4, -0.2) is 135 Å². The molecule has 4 aliphatic heterocycles. The highest BCUT2D eigenvalue weighted by molar-refractivity contribution is 6.21. The van der Waals surface area contributed by atoms with Crippen LogP contribution in [0.1, 0.15) is 86.5 Å². The van der Waals surface area contributed by atoms with Gasteiger partial charge in [0.2, 0.25) is 17.7 Å². The number of halogens is 1. The number of likely N-dealkylation sites (N-methyl/N-ethyl adjacent to an activating group) is 1. The Morgan fingerprint density at radius 3 is 2.10 bits per heavy atom. The number of nitrogens with zero attached hydrogens (tertiary/aromatic N) is 4. The molecule has 15 nitrogen and oxygen atoms in total. The standard InChI is InChI=1S/C34H56ClN7O8/c1-8-19(5)27-34(49)50-28(20(6)9-2)33(48)42-25(14-21(35)16-36-42)32(47)41-26(15-22(43)17-37-41)30(45)39(7)24(13-18(3)4)31(46)40-12-10-11-23(40)29(44)38-27/h18-28,36-37,43H,8-17H2,1-7H3,(H,38,44). The minimum atomic E-state index is -1.31. The summed E-state index contributed by atoms with van der Waals surface area (Å²) in [5.74, 6) is -4.43. The van der Waals surface area contributed by atoms with Crippen molar-refractivity contribution in [3.63, 3.8) is 0 Å². The molecule has 0 aromatic carbocycles. The molecule has 0 spiro atoms. The number of aliphatic hydroxyl groups excluding tert-OH is 1. The van der Waals surface area contributed by atoms with Crippen LogP contribution >= 0.6 is 11.6 Å². The van der Waals surface area contributed by atoms with E-state index in [4.69, 9.17) is 16.3 Å². The number of hydrazine groups is 2. The molecule has 10 atom stereocenters. The first-order chi connectivity index (χ1) is 23.6. The summed E-state index contributed by atoms with van der Waals surface area (Å²) in [6.07, 6.45) is -0.194. The number of alkyl halides is 1. The zero-order valence-corrected chi connectivity index (χ0v) is 31.1. The van der Waals surface area contributed by atoms with Crippen molar-refractivity contribution in [3.8, 4) is 0 Å². The van der Waals surface area contributed by atoms with Crippen molar-refractivity contribution < 1.29 is 38.6 Å². The quantitative estimate of drug-likeness (QED) is 0.223. The summed E-state index contributed by atoms with van der Waals surface area (Å²) in [6.45, 7) is 11.5. The van der Waals surface area contributed by atoms with Gasteiger partial charge in [-0.3, -0.25) is 34.0 Å². The van der Waals surface area contributed by atoms with E-state index in [1.807, 2.05) is 27.7 Å². The van der Waals surface area contributed by atoms with Gasteiger partial charge in [0.25, 0.3) is 11.8 Å². The second-order valence-electron chi connectivity index (χ2n) is 14.8. The molecule has 16 heteroatoms. The van der Waals surface area contributed by atoms with Crippen LogP contribution in [0.2, 0.25) is 0 Å². The molecule has 4 fully saturated rings. The Labute approximate surface area is 300 Å². The third-order valence-corrected chi connectivity index (χ3v) is 11.0. The average molecular weight is 726 g/mol. The van der Waals surface area contributed by atoms with Crippen LogP contribution in [0.4, 0.5) is 0 Å². The molecule has 0 aliphatic carbocycles. The molecule has 282 valence electrons. The van der Waals surface area contributed by atoms with Gasteiger partial charge in [0.15, 0.2) is 6.10 Å². The van der Waals surface area contributed by atoms with E-state index in [2.05, 4.69) is 16.2 Å². The number of nitrogens with one attached hydrogen (secondary N) is 3. The molecule has 50 heavy (non-hydrogen) atoms. The van der Waals surface area contributed by atoms with Crippen LogP contribution in [0, 0.1) is 17.8 Å². The topological polar surface area (TPSA) is 181 Å². The number of amides is 5. The highest BCUT2D eigenvalue weighted by Gasteiger charge is 2.49. The van der Waals surface area contributed by atoms with Gasteiger partial charge in [-0.15, -0.1) is 11.6 Å². The molecule has 10 unspecified atom stereocenters. The van der Waals surface area contributed by atoms with Crippen LogP contribution in [0.3, 0.4) is 0 Å². The first kappa shape index (κ1) is 39.8. The molecule has 0 saturated carbocycles. The fourth-order valence-electron chi connectivity index (χ4n) is 7.18. The molecule has 4 heterocycles. The average Bonchev–Trinajstić information content (AvgIpc) is 3.59. The van der Waals surface area contributed by atoms with Gasteiger partial charge in [0.1, 0.15) is 30.2 Å². The van der Waals surface area contributed by atoms with Gasteiger partial charge in [-0.1, -0.05) is 48.0 Å². The van der Waals surface area contributed by atoms with Crippen molar-refractivity contribution in [3.05, 3.63) is 0 Å². The first-order valence-electron chi connectivity index (χ1n) is 18.1. The summed E-state index contributed by atoms with van der Waals surface area (Å²) in [5, 5.41) is 15.2. The summed E-state index contributed by atoms with van der Waals surface area (Å²) in [4.78, 5) is 88.2. The van der Waals surface area contributed by atoms with Crippen LogP contribution < -0.4 is 16.2 Å². The minimum absolute atomic E-state index is 0.0173. The van der Waals surface area contributed by atoms with Crippen molar-refractivity contribution in [1.29, 1.82) is 0 Å². The van der Waals surface area contributed by atoms with E-state index >= 15 is 0 Å². The molecule has 0 bridgehead atoms. The van der Waals surface area contributed by atoms with Gasteiger partial charge in [-0.2, -0.15) is 0 Å². The number of hydrogen-bond donors (Lipinski definition) is 4. The summed E-state index contributed by atoms with van der Waals surface area (Å²) in [7, 11) is 1.50. The highest BCUT2D eigenvalue weighted by atomic mass is 35.5. The molecular formula is C34H56ClN7O8. The smallest absolute Gasteiger partial charge is 0.329 e. The molecule has 5 amide bonds. The SMILES string of the molecule is CCC(C)C1NC(=O)C2CCCN2C(=O)C(CC(C)C)N(C)C(=O)C2CC(O)CNN2C(=O)C2CC(Cl)CNN2C(=O)C(C(C)CC)OC1=O.